The van der Waals surface area contributed by atoms with Crippen LogP contribution in [0.4, 0.5) is 0 Å². The fourth-order valence-corrected chi connectivity index (χ4v) is 2.97. The Bertz CT molecular complexity index is 659. The van der Waals surface area contributed by atoms with Gasteiger partial charge < -0.3 is 5.11 Å². The van der Waals surface area contributed by atoms with Crippen LogP contribution >= 0.6 is 0 Å². The average Bonchev–Trinajstić information content (AvgIpc) is 2.46. The standard InChI is InChI=1S/C15H14O3S/c16-12-15(11-13-7-3-1-4-8-13)19(17,18)14-9-5-2-6-10-14/h1-11,16H,12H2/b15-11-. The Labute approximate surface area is 112 Å². The molecule has 3 nitrogen and oxygen atoms in total. The lowest BCUT2D eigenvalue weighted by Gasteiger charge is -2.06. The lowest BCUT2D eigenvalue weighted by Crippen LogP contribution is -2.08. The number of hydrogen-bond donors (Lipinski definition) is 1. The molecule has 0 saturated heterocycles. The summed E-state index contributed by atoms with van der Waals surface area (Å²) in [6.07, 6.45) is 1.49. The molecule has 2 aromatic rings. The summed E-state index contributed by atoms with van der Waals surface area (Å²) >= 11 is 0. The Morgan fingerprint density at radius 2 is 1.47 bits per heavy atom. The molecule has 19 heavy (non-hydrogen) atoms. The number of rotatable bonds is 4. The third kappa shape index (κ3) is 3.10. The molecule has 0 aliphatic heterocycles. The minimum Gasteiger partial charge on any atom is -0.391 e. The Morgan fingerprint density at radius 1 is 0.947 bits per heavy atom. The van der Waals surface area contributed by atoms with Crippen molar-refractivity contribution in [2.24, 2.45) is 0 Å². The molecule has 0 aliphatic rings. The third-order valence-corrected chi connectivity index (χ3v) is 4.51. The fourth-order valence-electron chi connectivity index (χ4n) is 1.69. The molecule has 0 bridgehead atoms. The molecule has 2 aromatic carbocycles. The van der Waals surface area contributed by atoms with Gasteiger partial charge in [-0.1, -0.05) is 48.5 Å². The maximum atomic E-state index is 12.3. The molecule has 2 rings (SSSR count). The van der Waals surface area contributed by atoms with E-state index in [4.69, 9.17) is 0 Å². The first kappa shape index (κ1) is 13.5. The lowest BCUT2D eigenvalue weighted by molar-refractivity contribution is 0.338. The van der Waals surface area contributed by atoms with E-state index in [1.165, 1.54) is 18.2 Å². The van der Waals surface area contributed by atoms with Gasteiger partial charge in [-0.05, 0) is 23.8 Å². The monoisotopic (exact) mass is 274 g/mol. The second-order valence-electron chi connectivity index (χ2n) is 4.00. The van der Waals surface area contributed by atoms with Crippen LogP contribution < -0.4 is 0 Å². The summed E-state index contributed by atoms with van der Waals surface area (Å²) in [6.45, 7) is -0.522. The van der Waals surface area contributed by atoms with Gasteiger partial charge in [0.2, 0.25) is 9.84 Å². The van der Waals surface area contributed by atoms with Gasteiger partial charge >= 0.3 is 0 Å². The quantitative estimate of drug-likeness (QED) is 0.932. The van der Waals surface area contributed by atoms with Gasteiger partial charge in [-0.2, -0.15) is 0 Å². The van der Waals surface area contributed by atoms with E-state index >= 15 is 0 Å². The molecule has 0 aliphatic carbocycles. The van der Waals surface area contributed by atoms with Crippen molar-refractivity contribution in [3.05, 3.63) is 71.1 Å². The van der Waals surface area contributed by atoms with Crippen molar-refractivity contribution >= 4 is 15.9 Å². The van der Waals surface area contributed by atoms with Crippen LogP contribution in [-0.2, 0) is 9.84 Å². The van der Waals surface area contributed by atoms with Crippen LogP contribution in [0.1, 0.15) is 5.56 Å². The second-order valence-corrected chi connectivity index (χ2v) is 6.00. The average molecular weight is 274 g/mol. The molecule has 0 spiro atoms. The van der Waals surface area contributed by atoms with Crippen LogP contribution in [0.5, 0.6) is 0 Å². The Kier molecular flexibility index (Phi) is 4.14. The minimum absolute atomic E-state index is 0.00935. The second kappa shape index (κ2) is 5.82. The summed E-state index contributed by atoms with van der Waals surface area (Å²) in [5, 5.41) is 9.34. The molecule has 0 saturated carbocycles. The van der Waals surface area contributed by atoms with E-state index in [0.717, 1.165) is 5.56 Å². The highest BCUT2D eigenvalue weighted by atomic mass is 32.2. The van der Waals surface area contributed by atoms with E-state index in [1.54, 1.807) is 30.3 Å². The molecule has 0 aromatic heterocycles. The molecule has 0 unspecified atom stereocenters. The van der Waals surface area contributed by atoms with Crippen LogP contribution in [0, 0.1) is 0 Å². The first-order valence-electron chi connectivity index (χ1n) is 5.81. The van der Waals surface area contributed by atoms with Crippen molar-refractivity contribution in [3.8, 4) is 0 Å². The molecule has 0 atom stereocenters. The van der Waals surface area contributed by atoms with Gasteiger partial charge in [-0.25, -0.2) is 8.42 Å². The van der Waals surface area contributed by atoms with Gasteiger partial charge in [0.15, 0.2) is 0 Å². The summed E-state index contributed by atoms with van der Waals surface area (Å²) in [7, 11) is -3.64. The molecule has 0 radical (unpaired) electrons. The van der Waals surface area contributed by atoms with Crippen LogP contribution in [-0.4, -0.2) is 20.1 Å². The van der Waals surface area contributed by atoms with Gasteiger partial charge in [0.25, 0.3) is 0 Å². The summed E-state index contributed by atoms with van der Waals surface area (Å²) in [4.78, 5) is 0.177. The summed E-state index contributed by atoms with van der Waals surface area (Å²) < 4.78 is 24.7. The van der Waals surface area contributed by atoms with Gasteiger partial charge in [0.1, 0.15) is 0 Å². The smallest absolute Gasteiger partial charge is 0.205 e. The highest BCUT2D eigenvalue weighted by molar-refractivity contribution is 7.95. The van der Waals surface area contributed by atoms with E-state index in [0.29, 0.717) is 0 Å². The predicted octanol–water partition coefficient (Wildman–Crippen LogP) is 2.49. The van der Waals surface area contributed by atoms with Gasteiger partial charge in [0, 0.05) is 0 Å². The van der Waals surface area contributed by atoms with Crippen molar-refractivity contribution in [3.63, 3.8) is 0 Å². The molecule has 0 heterocycles. The fraction of sp³-hybridized carbons (Fsp3) is 0.0667. The topological polar surface area (TPSA) is 54.4 Å². The molecule has 0 amide bonds. The Hall–Kier alpha value is -1.91. The van der Waals surface area contributed by atoms with Crippen LogP contribution in [0.3, 0.4) is 0 Å². The van der Waals surface area contributed by atoms with Crippen LogP contribution in [0.15, 0.2) is 70.5 Å². The molecular weight excluding hydrogens is 260 g/mol. The zero-order chi connectivity index (χ0) is 13.7. The molecular formula is C15H14O3S. The number of hydrogen-bond acceptors (Lipinski definition) is 3. The third-order valence-electron chi connectivity index (χ3n) is 2.68. The maximum Gasteiger partial charge on any atom is 0.205 e. The molecule has 4 heteroatoms. The van der Waals surface area contributed by atoms with Crippen LogP contribution in [0.2, 0.25) is 0 Å². The highest BCUT2D eigenvalue weighted by Gasteiger charge is 2.19. The predicted molar refractivity (Wildman–Crippen MR) is 75.1 cm³/mol. The minimum atomic E-state index is -3.64. The summed E-state index contributed by atoms with van der Waals surface area (Å²) in [5.74, 6) is 0. The van der Waals surface area contributed by atoms with Crippen molar-refractivity contribution < 1.29 is 13.5 Å². The van der Waals surface area contributed by atoms with E-state index in [9.17, 15) is 13.5 Å². The SMILES string of the molecule is O=S(=O)(/C(=C\c1ccccc1)CO)c1ccccc1. The van der Waals surface area contributed by atoms with Crippen molar-refractivity contribution in [1.29, 1.82) is 0 Å². The van der Waals surface area contributed by atoms with E-state index < -0.39 is 16.4 Å². The first-order valence-corrected chi connectivity index (χ1v) is 7.29. The largest absolute Gasteiger partial charge is 0.391 e. The number of aliphatic hydroxyl groups is 1. The number of sulfone groups is 1. The molecule has 98 valence electrons. The lowest BCUT2D eigenvalue weighted by atomic mass is 10.2. The van der Waals surface area contributed by atoms with Crippen molar-refractivity contribution in [2.75, 3.05) is 6.61 Å². The van der Waals surface area contributed by atoms with Gasteiger partial charge in [-0.15, -0.1) is 0 Å². The normalized spacial score (nSPS) is 12.4. The zero-order valence-electron chi connectivity index (χ0n) is 10.2. The van der Waals surface area contributed by atoms with Crippen LogP contribution in [0.25, 0.3) is 6.08 Å². The van der Waals surface area contributed by atoms with E-state index in [2.05, 4.69) is 0 Å². The first-order chi connectivity index (χ1) is 9.14. The molecule has 1 N–H and O–H groups in total. The van der Waals surface area contributed by atoms with Crippen molar-refractivity contribution in [2.45, 2.75) is 4.90 Å². The maximum absolute atomic E-state index is 12.3. The molecule has 0 fully saturated rings. The Balaban J connectivity index is 2.46. The summed E-state index contributed by atoms with van der Waals surface area (Å²) in [6, 6.07) is 17.2. The van der Waals surface area contributed by atoms with Crippen molar-refractivity contribution in [1.82, 2.24) is 0 Å². The summed E-state index contributed by atoms with van der Waals surface area (Å²) in [5.41, 5.74) is 0.742. The van der Waals surface area contributed by atoms with E-state index in [-0.39, 0.29) is 9.80 Å². The zero-order valence-corrected chi connectivity index (χ0v) is 11.0. The van der Waals surface area contributed by atoms with Gasteiger partial charge in [-0.3, -0.25) is 0 Å². The van der Waals surface area contributed by atoms with E-state index in [1.807, 2.05) is 18.2 Å². The van der Waals surface area contributed by atoms with Gasteiger partial charge in [0.05, 0.1) is 16.4 Å². The number of aliphatic hydroxyl groups excluding tert-OH is 1. The highest BCUT2D eigenvalue weighted by Crippen LogP contribution is 2.20. The number of benzene rings is 2. The Morgan fingerprint density at radius 3 is 2.00 bits per heavy atom.